The molecule has 2 atom stereocenters. The van der Waals surface area contributed by atoms with Crippen molar-refractivity contribution in [3.05, 3.63) is 42.1 Å². The molecule has 1 aromatic carbocycles. The normalized spacial score (nSPS) is 22.8. The molecule has 0 aliphatic carbocycles. The van der Waals surface area contributed by atoms with Crippen LogP contribution in [0.15, 0.2) is 24.3 Å². The maximum absolute atomic E-state index is 12.9. The minimum atomic E-state index is -0.862. The predicted octanol–water partition coefficient (Wildman–Crippen LogP) is 0.989. The van der Waals surface area contributed by atoms with E-state index >= 15 is 0 Å². The summed E-state index contributed by atoms with van der Waals surface area (Å²) in [4.78, 5) is 22.2. The van der Waals surface area contributed by atoms with Crippen LogP contribution in [0, 0.1) is 18.2 Å². The Morgan fingerprint density at radius 2 is 2.33 bits per heavy atom. The average Bonchev–Trinajstić information content (AvgIpc) is 2.68. The first kappa shape index (κ1) is 12.5. The van der Waals surface area contributed by atoms with Crippen LogP contribution in [0.25, 0.3) is 0 Å². The number of carbonyl (C=O) groups is 2. The third kappa shape index (κ3) is 2.85. The zero-order chi connectivity index (χ0) is 13.1. The Morgan fingerprint density at radius 1 is 1.56 bits per heavy atom. The topological polar surface area (TPSA) is 69.4 Å². The van der Waals surface area contributed by atoms with Crippen LogP contribution in [0.1, 0.15) is 12.0 Å². The van der Waals surface area contributed by atoms with Crippen LogP contribution in [0.5, 0.6) is 0 Å². The van der Waals surface area contributed by atoms with Crippen LogP contribution in [0.4, 0.5) is 4.39 Å². The highest BCUT2D eigenvalue weighted by Gasteiger charge is 2.37. The summed E-state index contributed by atoms with van der Waals surface area (Å²) >= 11 is 0. The molecule has 1 radical (unpaired) electrons. The molecular weight excluding hydrogens is 237 g/mol. The summed E-state index contributed by atoms with van der Waals surface area (Å²) in [5, 5.41) is 0. The summed E-state index contributed by atoms with van der Waals surface area (Å²) in [7, 11) is 0. The Balaban J connectivity index is 1.89. The number of cyclic esters (lactones) is 1. The van der Waals surface area contributed by atoms with Crippen LogP contribution in [0.3, 0.4) is 0 Å². The third-order valence-electron chi connectivity index (χ3n) is 2.87. The van der Waals surface area contributed by atoms with Crippen molar-refractivity contribution in [1.29, 1.82) is 0 Å². The Labute approximate surface area is 104 Å². The molecule has 2 N–H and O–H groups in total. The number of hydrogen-bond donors (Lipinski definition) is 1. The van der Waals surface area contributed by atoms with Crippen molar-refractivity contribution < 1.29 is 18.7 Å². The Bertz CT molecular complexity index is 475. The Kier molecular flexibility index (Phi) is 3.60. The minimum absolute atomic E-state index is 0.267. The minimum Gasteiger partial charge on any atom is -0.461 e. The fourth-order valence-corrected chi connectivity index (χ4v) is 1.92. The van der Waals surface area contributed by atoms with E-state index in [4.69, 9.17) is 10.5 Å². The second-order valence-corrected chi connectivity index (χ2v) is 4.24. The molecule has 1 aliphatic heterocycles. The Morgan fingerprint density at radius 3 is 2.94 bits per heavy atom. The maximum Gasteiger partial charge on any atom is 0.318 e. The van der Waals surface area contributed by atoms with Crippen LogP contribution in [-0.2, 0) is 20.7 Å². The second-order valence-electron chi connectivity index (χ2n) is 4.24. The molecule has 0 aromatic heterocycles. The van der Waals surface area contributed by atoms with Gasteiger partial charge in [0.1, 0.15) is 17.8 Å². The zero-order valence-electron chi connectivity index (χ0n) is 9.64. The zero-order valence-corrected chi connectivity index (χ0v) is 9.64. The van der Waals surface area contributed by atoms with Gasteiger partial charge in [-0.25, -0.2) is 4.39 Å². The molecule has 0 spiro atoms. The van der Waals surface area contributed by atoms with Gasteiger partial charge in [-0.2, -0.15) is 0 Å². The van der Waals surface area contributed by atoms with Crippen LogP contribution < -0.4 is 5.73 Å². The number of hydrogen-bond acceptors (Lipinski definition) is 3. The van der Waals surface area contributed by atoms with E-state index in [0.717, 1.165) is 5.56 Å². The highest BCUT2D eigenvalue weighted by Crippen LogP contribution is 2.23. The van der Waals surface area contributed by atoms with E-state index in [9.17, 15) is 14.0 Å². The number of esters is 1. The summed E-state index contributed by atoms with van der Waals surface area (Å²) in [6.45, 7) is 0. The molecule has 1 aromatic rings. The van der Waals surface area contributed by atoms with E-state index in [1.54, 1.807) is 18.6 Å². The number of benzene rings is 1. The quantitative estimate of drug-likeness (QED) is 0.640. The number of carbonyl (C=O) groups excluding carboxylic acids is 2. The largest absolute Gasteiger partial charge is 0.461 e. The van der Waals surface area contributed by atoms with E-state index in [1.807, 2.05) is 0 Å². The highest BCUT2D eigenvalue weighted by molar-refractivity contribution is 5.98. The number of amides is 1. The third-order valence-corrected chi connectivity index (χ3v) is 2.87. The molecule has 95 valence electrons. The van der Waals surface area contributed by atoms with Crippen molar-refractivity contribution in [2.75, 3.05) is 0 Å². The van der Waals surface area contributed by atoms with Gasteiger partial charge in [0, 0.05) is 12.8 Å². The summed E-state index contributed by atoms with van der Waals surface area (Å²) in [5.74, 6) is -2.41. The van der Waals surface area contributed by atoms with Gasteiger partial charge in [-0.1, -0.05) is 12.1 Å². The monoisotopic (exact) mass is 250 g/mol. The van der Waals surface area contributed by atoms with Crippen molar-refractivity contribution in [2.45, 2.75) is 18.9 Å². The van der Waals surface area contributed by atoms with Crippen molar-refractivity contribution in [3.8, 4) is 0 Å². The molecular formula is C13H13FNO3. The van der Waals surface area contributed by atoms with Gasteiger partial charge in [0.25, 0.3) is 0 Å². The SMILES string of the molecule is NC(=O)C1CC([CH]Cc2cccc(F)c2)OC1=O. The molecule has 0 bridgehead atoms. The lowest BCUT2D eigenvalue weighted by Crippen LogP contribution is -2.26. The van der Waals surface area contributed by atoms with Crippen LogP contribution in [-0.4, -0.2) is 18.0 Å². The van der Waals surface area contributed by atoms with Crippen molar-refractivity contribution in [1.82, 2.24) is 0 Å². The van der Waals surface area contributed by atoms with Gasteiger partial charge >= 0.3 is 5.97 Å². The smallest absolute Gasteiger partial charge is 0.318 e. The van der Waals surface area contributed by atoms with Crippen molar-refractivity contribution >= 4 is 11.9 Å². The molecule has 2 rings (SSSR count). The second kappa shape index (κ2) is 5.16. The van der Waals surface area contributed by atoms with E-state index in [1.165, 1.54) is 12.1 Å². The van der Waals surface area contributed by atoms with Gasteiger partial charge in [-0.05, 0) is 24.1 Å². The summed E-state index contributed by atoms with van der Waals surface area (Å²) in [6.07, 6.45) is 2.05. The summed E-state index contributed by atoms with van der Waals surface area (Å²) in [6, 6.07) is 6.17. The number of rotatable bonds is 4. The fraction of sp³-hybridized carbons (Fsp3) is 0.308. The van der Waals surface area contributed by atoms with E-state index in [-0.39, 0.29) is 12.2 Å². The predicted molar refractivity (Wildman–Crippen MR) is 61.6 cm³/mol. The number of halogens is 1. The molecule has 18 heavy (non-hydrogen) atoms. The van der Waals surface area contributed by atoms with Gasteiger partial charge in [-0.3, -0.25) is 9.59 Å². The first-order valence-electron chi connectivity index (χ1n) is 5.64. The lowest BCUT2D eigenvalue weighted by Gasteiger charge is -2.08. The molecule has 4 nitrogen and oxygen atoms in total. The van der Waals surface area contributed by atoms with Gasteiger partial charge in [0.2, 0.25) is 5.91 Å². The molecule has 1 saturated heterocycles. The summed E-state index contributed by atoms with van der Waals surface area (Å²) in [5.41, 5.74) is 5.86. The average molecular weight is 250 g/mol. The molecule has 2 unspecified atom stereocenters. The van der Waals surface area contributed by atoms with Crippen LogP contribution >= 0.6 is 0 Å². The molecule has 1 amide bonds. The number of nitrogens with two attached hydrogens (primary N) is 1. The van der Waals surface area contributed by atoms with Crippen molar-refractivity contribution in [3.63, 3.8) is 0 Å². The fourth-order valence-electron chi connectivity index (χ4n) is 1.92. The molecule has 1 aliphatic rings. The van der Waals surface area contributed by atoms with E-state index < -0.39 is 23.9 Å². The van der Waals surface area contributed by atoms with E-state index in [2.05, 4.69) is 0 Å². The maximum atomic E-state index is 12.9. The van der Waals surface area contributed by atoms with Gasteiger partial charge in [-0.15, -0.1) is 0 Å². The van der Waals surface area contributed by atoms with Crippen LogP contribution in [0.2, 0.25) is 0 Å². The van der Waals surface area contributed by atoms with E-state index in [0.29, 0.717) is 6.42 Å². The standard InChI is InChI=1S/C13H13FNO3/c14-9-3-1-2-8(6-9)4-5-10-7-11(12(15)16)13(17)18-10/h1-3,5-6,10-11H,4,7H2,(H2,15,16). The summed E-state index contributed by atoms with van der Waals surface area (Å²) < 4.78 is 17.9. The molecule has 0 saturated carbocycles. The van der Waals surface area contributed by atoms with Gasteiger partial charge in [0.05, 0.1) is 0 Å². The lowest BCUT2D eigenvalue weighted by molar-refractivity contribution is -0.146. The Hall–Kier alpha value is -1.91. The lowest BCUT2D eigenvalue weighted by atomic mass is 10.00. The van der Waals surface area contributed by atoms with Crippen molar-refractivity contribution in [2.24, 2.45) is 11.7 Å². The van der Waals surface area contributed by atoms with Gasteiger partial charge in [0.15, 0.2) is 0 Å². The van der Waals surface area contributed by atoms with Gasteiger partial charge < -0.3 is 10.5 Å². The first-order chi connectivity index (χ1) is 8.56. The molecule has 1 heterocycles. The number of ether oxygens (including phenoxy) is 1. The molecule has 1 fully saturated rings. The first-order valence-corrected chi connectivity index (χ1v) is 5.64. The molecule has 5 heteroatoms. The number of primary amides is 1. The highest BCUT2D eigenvalue weighted by atomic mass is 19.1.